The van der Waals surface area contributed by atoms with Crippen LogP contribution < -0.4 is 0 Å². The summed E-state index contributed by atoms with van der Waals surface area (Å²) in [7, 11) is 1.92. The minimum atomic E-state index is -0.467. The Kier molecular flexibility index (Phi) is 6.15. The number of benzene rings is 1. The SMILES string of the molecule is CCCCCN(C)CC(=O)c1ccc([N+](=O)[O-])cc1. The van der Waals surface area contributed by atoms with Gasteiger partial charge in [0.2, 0.25) is 0 Å². The molecule has 19 heavy (non-hydrogen) atoms. The highest BCUT2D eigenvalue weighted by Gasteiger charge is 2.11. The van der Waals surface area contributed by atoms with Gasteiger partial charge in [0.15, 0.2) is 5.78 Å². The molecule has 0 atom stereocenters. The summed E-state index contributed by atoms with van der Waals surface area (Å²) in [5, 5.41) is 10.5. The van der Waals surface area contributed by atoms with Crippen LogP contribution in [0.3, 0.4) is 0 Å². The lowest BCUT2D eigenvalue weighted by molar-refractivity contribution is -0.384. The number of unbranched alkanes of at least 4 members (excludes halogenated alkanes) is 2. The highest BCUT2D eigenvalue weighted by Crippen LogP contribution is 2.12. The summed E-state index contributed by atoms with van der Waals surface area (Å²) >= 11 is 0. The molecule has 1 aromatic carbocycles. The zero-order chi connectivity index (χ0) is 14.3. The van der Waals surface area contributed by atoms with Crippen molar-refractivity contribution in [2.24, 2.45) is 0 Å². The van der Waals surface area contributed by atoms with Crippen molar-refractivity contribution >= 4 is 11.5 Å². The lowest BCUT2D eigenvalue weighted by Crippen LogP contribution is -2.27. The molecule has 0 unspecified atom stereocenters. The Balaban J connectivity index is 2.51. The predicted octanol–water partition coefficient (Wildman–Crippen LogP) is 2.90. The summed E-state index contributed by atoms with van der Waals surface area (Å²) in [6, 6.07) is 5.76. The van der Waals surface area contributed by atoms with Crippen LogP contribution in [0, 0.1) is 10.1 Å². The first-order valence-corrected chi connectivity index (χ1v) is 6.50. The number of carbonyl (C=O) groups excluding carboxylic acids is 1. The van der Waals surface area contributed by atoms with E-state index in [1.165, 1.54) is 24.3 Å². The molecule has 5 heteroatoms. The molecule has 0 saturated heterocycles. The normalized spacial score (nSPS) is 10.7. The van der Waals surface area contributed by atoms with Gasteiger partial charge in [0, 0.05) is 17.7 Å². The minimum Gasteiger partial charge on any atom is -0.299 e. The Bertz CT molecular complexity index is 429. The van der Waals surface area contributed by atoms with E-state index in [-0.39, 0.29) is 11.5 Å². The maximum absolute atomic E-state index is 12.0. The van der Waals surface area contributed by atoms with Gasteiger partial charge in [-0.15, -0.1) is 0 Å². The van der Waals surface area contributed by atoms with Crippen molar-refractivity contribution < 1.29 is 9.72 Å². The molecular weight excluding hydrogens is 244 g/mol. The topological polar surface area (TPSA) is 63.5 Å². The van der Waals surface area contributed by atoms with E-state index >= 15 is 0 Å². The molecule has 0 bridgehead atoms. The largest absolute Gasteiger partial charge is 0.299 e. The van der Waals surface area contributed by atoms with Gasteiger partial charge in [-0.3, -0.25) is 19.8 Å². The Morgan fingerprint density at radius 2 is 1.89 bits per heavy atom. The summed E-state index contributed by atoms with van der Waals surface area (Å²) in [4.78, 5) is 24.0. The smallest absolute Gasteiger partial charge is 0.269 e. The Morgan fingerprint density at radius 3 is 2.42 bits per heavy atom. The van der Waals surface area contributed by atoms with Crippen LogP contribution in [0.25, 0.3) is 0 Å². The van der Waals surface area contributed by atoms with E-state index in [0.717, 1.165) is 25.8 Å². The molecule has 0 fully saturated rings. The van der Waals surface area contributed by atoms with E-state index in [9.17, 15) is 14.9 Å². The third-order valence-electron chi connectivity index (χ3n) is 2.96. The molecule has 0 aliphatic carbocycles. The van der Waals surface area contributed by atoms with Crippen molar-refractivity contribution in [3.05, 3.63) is 39.9 Å². The third kappa shape index (κ3) is 5.18. The molecule has 0 amide bonds. The van der Waals surface area contributed by atoms with Gasteiger partial charge in [0.1, 0.15) is 0 Å². The zero-order valence-electron chi connectivity index (χ0n) is 11.5. The monoisotopic (exact) mass is 264 g/mol. The van der Waals surface area contributed by atoms with Crippen molar-refractivity contribution in [1.29, 1.82) is 0 Å². The van der Waals surface area contributed by atoms with Crippen LogP contribution in [-0.4, -0.2) is 35.7 Å². The summed E-state index contributed by atoms with van der Waals surface area (Å²) in [5.41, 5.74) is 0.529. The number of Topliss-reactive ketones (excluding diaryl/α,β-unsaturated/α-hetero) is 1. The summed E-state index contributed by atoms with van der Waals surface area (Å²) < 4.78 is 0. The standard InChI is InChI=1S/C14H20N2O3/c1-3-4-5-10-15(2)11-14(17)12-6-8-13(9-7-12)16(18)19/h6-9H,3-5,10-11H2,1-2H3. The molecule has 0 aliphatic rings. The lowest BCUT2D eigenvalue weighted by Gasteiger charge is -2.15. The van der Waals surface area contributed by atoms with Gasteiger partial charge in [0.25, 0.3) is 5.69 Å². The van der Waals surface area contributed by atoms with Crippen molar-refractivity contribution in [2.75, 3.05) is 20.1 Å². The first-order valence-electron chi connectivity index (χ1n) is 6.50. The molecule has 104 valence electrons. The van der Waals surface area contributed by atoms with Crippen LogP contribution in [0.15, 0.2) is 24.3 Å². The number of non-ortho nitro benzene ring substituents is 1. The summed E-state index contributed by atoms with van der Waals surface area (Å²) in [5.74, 6) is -0.00565. The number of nitro groups is 1. The van der Waals surface area contributed by atoms with Crippen molar-refractivity contribution in [3.63, 3.8) is 0 Å². The van der Waals surface area contributed by atoms with E-state index in [1.807, 2.05) is 11.9 Å². The molecule has 1 aromatic rings. The second-order valence-electron chi connectivity index (χ2n) is 4.67. The first-order chi connectivity index (χ1) is 9.04. The number of rotatable bonds is 8. The van der Waals surface area contributed by atoms with Gasteiger partial charge in [-0.2, -0.15) is 0 Å². The first kappa shape index (κ1) is 15.3. The van der Waals surface area contributed by atoms with Crippen LogP contribution in [0.4, 0.5) is 5.69 Å². The van der Waals surface area contributed by atoms with Crippen LogP contribution in [0.1, 0.15) is 36.5 Å². The fourth-order valence-electron chi connectivity index (χ4n) is 1.82. The Hall–Kier alpha value is -1.75. The van der Waals surface area contributed by atoms with Gasteiger partial charge in [-0.25, -0.2) is 0 Å². The molecule has 0 N–H and O–H groups in total. The number of nitrogens with zero attached hydrogens (tertiary/aromatic N) is 2. The quantitative estimate of drug-likeness (QED) is 0.313. The van der Waals surface area contributed by atoms with Gasteiger partial charge in [-0.05, 0) is 32.1 Å². The number of ketones is 1. The van der Waals surface area contributed by atoms with Crippen LogP contribution in [0.2, 0.25) is 0 Å². The molecule has 0 aliphatic heterocycles. The van der Waals surface area contributed by atoms with E-state index < -0.39 is 4.92 Å². The molecule has 0 saturated carbocycles. The van der Waals surface area contributed by atoms with Gasteiger partial charge in [0.05, 0.1) is 11.5 Å². The third-order valence-corrected chi connectivity index (χ3v) is 2.96. The number of hydrogen-bond acceptors (Lipinski definition) is 4. The van der Waals surface area contributed by atoms with Gasteiger partial charge < -0.3 is 0 Å². The maximum Gasteiger partial charge on any atom is 0.269 e. The highest BCUT2D eigenvalue weighted by atomic mass is 16.6. The number of carbonyl (C=O) groups is 1. The molecule has 0 spiro atoms. The molecule has 0 heterocycles. The van der Waals surface area contributed by atoms with E-state index in [1.54, 1.807) is 0 Å². The zero-order valence-corrected chi connectivity index (χ0v) is 11.5. The molecule has 1 rings (SSSR count). The average Bonchev–Trinajstić information content (AvgIpc) is 2.39. The van der Waals surface area contributed by atoms with Crippen LogP contribution in [-0.2, 0) is 0 Å². The molecule has 5 nitrogen and oxygen atoms in total. The molecular formula is C14H20N2O3. The second-order valence-corrected chi connectivity index (χ2v) is 4.67. The lowest BCUT2D eigenvalue weighted by atomic mass is 10.1. The van der Waals surface area contributed by atoms with Crippen LogP contribution >= 0.6 is 0 Å². The Morgan fingerprint density at radius 1 is 1.26 bits per heavy atom. The molecule has 0 radical (unpaired) electrons. The second kappa shape index (κ2) is 7.63. The fraction of sp³-hybridized carbons (Fsp3) is 0.500. The highest BCUT2D eigenvalue weighted by molar-refractivity contribution is 5.97. The average molecular weight is 264 g/mol. The predicted molar refractivity (Wildman–Crippen MR) is 74.4 cm³/mol. The van der Waals surface area contributed by atoms with Crippen molar-refractivity contribution in [3.8, 4) is 0 Å². The fourth-order valence-corrected chi connectivity index (χ4v) is 1.82. The van der Waals surface area contributed by atoms with Crippen molar-refractivity contribution in [1.82, 2.24) is 4.90 Å². The molecule has 0 aromatic heterocycles. The maximum atomic E-state index is 12.0. The number of hydrogen-bond donors (Lipinski definition) is 0. The van der Waals surface area contributed by atoms with E-state index in [4.69, 9.17) is 0 Å². The van der Waals surface area contributed by atoms with Gasteiger partial charge in [-0.1, -0.05) is 19.8 Å². The van der Waals surface area contributed by atoms with Gasteiger partial charge >= 0.3 is 0 Å². The van der Waals surface area contributed by atoms with Crippen LogP contribution in [0.5, 0.6) is 0 Å². The van der Waals surface area contributed by atoms with Crippen molar-refractivity contribution in [2.45, 2.75) is 26.2 Å². The summed E-state index contributed by atoms with van der Waals surface area (Å²) in [6.45, 7) is 3.39. The number of likely N-dealkylation sites (N-methyl/N-ethyl adjacent to an activating group) is 1. The minimum absolute atomic E-state index is 0.00565. The Labute approximate surface area is 113 Å². The number of nitro benzene ring substituents is 1. The van der Waals surface area contributed by atoms with E-state index in [0.29, 0.717) is 12.1 Å². The van der Waals surface area contributed by atoms with E-state index in [2.05, 4.69) is 6.92 Å². The summed E-state index contributed by atoms with van der Waals surface area (Å²) in [6.07, 6.45) is 3.40.